The number of nitrogen functional groups attached to an aromatic ring is 1. The molecule has 5 nitrogen and oxygen atoms in total. The molecular formula is C19H19ClN2O3. The molecule has 0 saturated heterocycles. The number of carboxylic acid groups (broad SMARTS) is 1. The zero-order valence-corrected chi connectivity index (χ0v) is 14.6. The summed E-state index contributed by atoms with van der Waals surface area (Å²) in [5.74, 6) is -1.05. The predicted molar refractivity (Wildman–Crippen MR) is 102 cm³/mol. The molecular weight excluding hydrogens is 340 g/mol. The molecule has 130 valence electrons. The van der Waals surface area contributed by atoms with E-state index >= 15 is 0 Å². The van der Waals surface area contributed by atoms with Crippen LogP contribution in [-0.4, -0.2) is 16.2 Å². The molecule has 0 aliphatic heterocycles. The van der Waals surface area contributed by atoms with Crippen molar-refractivity contribution >= 4 is 34.6 Å². The molecule has 0 amide bonds. The molecule has 0 bridgehead atoms. The minimum absolute atomic E-state index is 0.124. The van der Waals surface area contributed by atoms with Crippen LogP contribution in [0.2, 0.25) is 5.02 Å². The fraction of sp³-hybridized carbons (Fsp3) is 0.105. The van der Waals surface area contributed by atoms with Gasteiger partial charge < -0.3 is 21.3 Å². The summed E-state index contributed by atoms with van der Waals surface area (Å²) in [6, 6.07) is 11.6. The van der Waals surface area contributed by atoms with Crippen molar-refractivity contribution in [1.29, 1.82) is 0 Å². The number of aliphatic hydroxyl groups is 1. The van der Waals surface area contributed by atoms with E-state index in [-0.39, 0.29) is 5.56 Å². The number of aromatic carboxylic acids is 1. The van der Waals surface area contributed by atoms with Crippen molar-refractivity contribution < 1.29 is 15.0 Å². The van der Waals surface area contributed by atoms with E-state index in [0.29, 0.717) is 38.8 Å². The Balaban J connectivity index is 2.66. The van der Waals surface area contributed by atoms with Gasteiger partial charge in [-0.15, -0.1) is 0 Å². The summed E-state index contributed by atoms with van der Waals surface area (Å²) in [5.41, 5.74) is 9.60. The lowest BCUT2D eigenvalue weighted by Crippen LogP contribution is -2.09. The van der Waals surface area contributed by atoms with E-state index < -0.39 is 5.97 Å². The molecule has 0 fully saturated rings. The smallest absolute Gasteiger partial charge is 0.337 e. The molecule has 0 atom stereocenters. The van der Waals surface area contributed by atoms with Gasteiger partial charge in [0, 0.05) is 16.3 Å². The van der Waals surface area contributed by atoms with Gasteiger partial charge in [-0.2, -0.15) is 0 Å². The monoisotopic (exact) mass is 358 g/mol. The van der Waals surface area contributed by atoms with Gasteiger partial charge in [0.05, 0.1) is 23.2 Å². The lowest BCUT2D eigenvalue weighted by atomic mass is 10.0. The van der Waals surface area contributed by atoms with E-state index in [0.717, 1.165) is 6.26 Å². The van der Waals surface area contributed by atoms with Gasteiger partial charge >= 0.3 is 5.97 Å². The lowest BCUT2D eigenvalue weighted by Gasteiger charge is -2.19. The van der Waals surface area contributed by atoms with E-state index in [1.165, 1.54) is 6.07 Å². The topological polar surface area (TPSA) is 95.6 Å². The van der Waals surface area contributed by atoms with Crippen molar-refractivity contribution in [1.82, 2.24) is 0 Å². The molecule has 2 rings (SSSR count). The van der Waals surface area contributed by atoms with E-state index in [1.54, 1.807) is 50.2 Å². The van der Waals surface area contributed by atoms with Gasteiger partial charge in [0.1, 0.15) is 0 Å². The molecule has 0 aliphatic carbocycles. The predicted octanol–water partition coefficient (Wildman–Crippen LogP) is 4.93. The Kier molecular flexibility index (Phi) is 5.72. The average Bonchev–Trinajstić information content (AvgIpc) is 2.60. The standard InChI is InChI=1S/C19H19ClN2O3/c1-11(10-23)12(2)18(15-9-13(20)7-8-16(15)21)22-17-6-4-3-5-14(17)19(24)25/h3-10,22-23H,21H2,1-2H3,(H,24,25)/b11-10+,18-12-. The van der Waals surface area contributed by atoms with E-state index in [4.69, 9.17) is 17.3 Å². The van der Waals surface area contributed by atoms with Gasteiger partial charge in [0.25, 0.3) is 0 Å². The molecule has 5 N–H and O–H groups in total. The molecule has 0 heterocycles. The van der Waals surface area contributed by atoms with Crippen molar-refractivity contribution in [2.45, 2.75) is 13.8 Å². The highest BCUT2D eigenvalue weighted by Gasteiger charge is 2.16. The van der Waals surface area contributed by atoms with E-state index in [1.807, 2.05) is 0 Å². The molecule has 0 spiro atoms. The third-order valence-electron chi connectivity index (χ3n) is 3.86. The Labute approximate surface area is 151 Å². The molecule has 0 aromatic heterocycles. The molecule has 0 unspecified atom stereocenters. The first-order valence-electron chi connectivity index (χ1n) is 7.52. The highest BCUT2D eigenvalue weighted by atomic mass is 35.5. The second-order valence-corrected chi connectivity index (χ2v) is 5.96. The Morgan fingerprint density at radius 1 is 1.16 bits per heavy atom. The minimum atomic E-state index is -1.05. The summed E-state index contributed by atoms with van der Waals surface area (Å²) < 4.78 is 0. The third-order valence-corrected chi connectivity index (χ3v) is 4.10. The highest BCUT2D eigenvalue weighted by Crippen LogP contribution is 2.32. The number of hydrogen-bond acceptors (Lipinski definition) is 4. The summed E-state index contributed by atoms with van der Waals surface area (Å²) in [5, 5.41) is 22.4. The zero-order valence-electron chi connectivity index (χ0n) is 13.9. The van der Waals surface area contributed by atoms with Gasteiger partial charge in [-0.3, -0.25) is 0 Å². The normalized spacial score (nSPS) is 12.5. The molecule has 25 heavy (non-hydrogen) atoms. The van der Waals surface area contributed by atoms with Crippen LogP contribution in [-0.2, 0) is 0 Å². The maximum Gasteiger partial charge on any atom is 0.337 e. The second kappa shape index (κ2) is 7.77. The van der Waals surface area contributed by atoms with E-state index in [9.17, 15) is 15.0 Å². The van der Waals surface area contributed by atoms with Crippen LogP contribution in [0.25, 0.3) is 5.70 Å². The zero-order chi connectivity index (χ0) is 18.6. The molecule has 0 saturated carbocycles. The maximum atomic E-state index is 11.5. The number of carbonyl (C=O) groups is 1. The fourth-order valence-electron chi connectivity index (χ4n) is 2.32. The quantitative estimate of drug-likeness (QED) is 0.345. The van der Waals surface area contributed by atoms with Crippen LogP contribution in [0.4, 0.5) is 11.4 Å². The summed E-state index contributed by atoms with van der Waals surface area (Å²) in [6.07, 6.45) is 0.987. The Morgan fingerprint density at radius 3 is 2.48 bits per heavy atom. The number of anilines is 2. The van der Waals surface area contributed by atoms with Gasteiger partial charge in [0.2, 0.25) is 0 Å². The lowest BCUT2D eigenvalue weighted by molar-refractivity contribution is 0.0698. The maximum absolute atomic E-state index is 11.5. The number of rotatable bonds is 5. The number of benzene rings is 2. The third kappa shape index (κ3) is 4.14. The second-order valence-electron chi connectivity index (χ2n) is 5.52. The van der Waals surface area contributed by atoms with Crippen LogP contribution in [0.1, 0.15) is 29.8 Å². The van der Waals surface area contributed by atoms with Crippen LogP contribution in [0.3, 0.4) is 0 Å². The summed E-state index contributed by atoms with van der Waals surface area (Å²) in [7, 11) is 0. The first-order valence-corrected chi connectivity index (χ1v) is 7.90. The first-order chi connectivity index (χ1) is 11.8. The van der Waals surface area contributed by atoms with Crippen molar-refractivity contribution in [3.63, 3.8) is 0 Å². The van der Waals surface area contributed by atoms with Crippen LogP contribution >= 0.6 is 11.6 Å². The number of nitrogens with two attached hydrogens (primary N) is 1. The Morgan fingerprint density at radius 2 is 1.84 bits per heavy atom. The number of hydrogen-bond donors (Lipinski definition) is 4. The SMILES string of the molecule is CC(=C(/Nc1ccccc1C(=O)O)c1cc(Cl)ccc1N)/C(C)=C/O. The first kappa shape index (κ1) is 18.4. The van der Waals surface area contributed by atoms with Gasteiger partial charge in [-0.25, -0.2) is 4.79 Å². The van der Waals surface area contributed by atoms with Crippen LogP contribution in [0, 0.1) is 0 Å². The van der Waals surface area contributed by atoms with Gasteiger partial charge in [-0.05, 0) is 55.3 Å². The number of halogens is 1. The van der Waals surface area contributed by atoms with Crippen LogP contribution in [0.5, 0.6) is 0 Å². The highest BCUT2D eigenvalue weighted by molar-refractivity contribution is 6.30. The number of para-hydroxylation sites is 1. The van der Waals surface area contributed by atoms with Crippen molar-refractivity contribution in [3.05, 3.63) is 76.0 Å². The molecule has 2 aromatic rings. The van der Waals surface area contributed by atoms with E-state index in [2.05, 4.69) is 5.32 Å². The van der Waals surface area contributed by atoms with Crippen LogP contribution in [0.15, 0.2) is 59.9 Å². The van der Waals surface area contributed by atoms with Crippen molar-refractivity contribution in [2.24, 2.45) is 0 Å². The summed E-state index contributed by atoms with van der Waals surface area (Å²) >= 11 is 6.10. The summed E-state index contributed by atoms with van der Waals surface area (Å²) in [6.45, 7) is 3.54. The average molecular weight is 359 g/mol. The van der Waals surface area contributed by atoms with Crippen LogP contribution < -0.4 is 11.1 Å². The van der Waals surface area contributed by atoms with Gasteiger partial charge in [-0.1, -0.05) is 23.7 Å². The van der Waals surface area contributed by atoms with Crippen molar-refractivity contribution in [3.8, 4) is 0 Å². The molecule has 0 radical (unpaired) electrons. The largest absolute Gasteiger partial charge is 0.515 e. The number of aliphatic hydroxyl groups excluding tert-OH is 1. The number of nitrogens with one attached hydrogen (secondary N) is 1. The molecule has 0 aliphatic rings. The summed E-state index contributed by atoms with van der Waals surface area (Å²) in [4.78, 5) is 11.5. The Bertz CT molecular complexity index is 873. The van der Waals surface area contributed by atoms with Gasteiger partial charge in [0.15, 0.2) is 0 Å². The number of allylic oxidation sites excluding steroid dienone is 2. The fourth-order valence-corrected chi connectivity index (χ4v) is 2.49. The minimum Gasteiger partial charge on any atom is -0.515 e. The number of carboxylic acids is 1. The van der Waals surface area contributed by atoms with Crippen molar-refractivity contribution in [2.75, 3.05) is 11.1 Å². The molecule has 6 heteroatoms. The molecule has 2 aromatic carbocycles. The Hall–Kier alpha value is -2.92.